The van der Waals surface area contributed by atoms with Crippen molar-refractivity contribution in [2.45, 2.75) is 19.0 Å². The predicted molar refractivity (Wildman–Crippen MR) is 67.4 cm³/mol. The van der Waals surface area contributed by atoms with Crippen molar-refractivity contribution in [1.29, 1.82) is 0 Å². The topological polar surface area (TPSA) is 57.6 Å². The molecule has 23 heavy (non-hydrogen) atoms. The van der Waals surface area contributed by atoms with Crippen molar-refractivity contribution >= 4 is 11.9 Å². The lowest BCUT2D eigenvalue weighted by atomic mass is 9.86. The molecule has 4 nitrogen and oxygen atoms in total. The van der Waals surface area contributed by atoms with Crippen LogP contribution in [0, 0.1) is 17.0 Å². The molecular formula is C14H12F5NO3. The molecular weight excluding hydrogens is 325 g/mol. The lowest BCUT2D eigenvalue weighted by molar-refractivity contribution is -0.227. The highest BCUT2D eigenvalue weighted by atomic mass is 19.4. The molecule has 126 valence electrons. The Morgan fingerprint density at radius 3 is 2.43 bits per heavy atom. The van der Waals surface area contributed by atoms with Crippen LogP contribution in [0.1, 0.15) is 12.0 Å². The van der Waals surface area contributed by atoms with Gasteiger partial charge in [-0.05, 0) is 24.6 Å². The van der Waals surface area contributed by atoms with Gasteiger partial charge in [0.05, 0.1) is 6.42 Å². The maximum atomic E-state index is 13.5. The van der Waals surface area contributed by atoms with E-state index in [9.17, 15) is 31.5 Å². The molecule has 1 atom stereocenters. The zero-order chi connectivity index (χ0) is 17.4. The minimum absolute atomic E-state index is 0.296. The molecule has 0 aliphatic carbocycles. The fraction of sp³-hybridized carbons (Fsp3) is 0.429. The Bertz CT molecular complexity index is 646. The number of halogens is 5. The lowest BCUT2D eigenvalue weighted by Crippen LogP contribution is -2.47. The number of alkyl halides is 3. The van der Waals surface area contributed by atoms with Gasteiger partial charge in [-0.15, -0.1) is 0 Å². The molecule has 1 heterocycles. The van der Waals surface area contributed by atoms with Gasteiger partial charge in [0, 0.05) is 18.7 Å². The van der Waals surface area contributed by atoms with Crippen LogP contribution in [-0.2, 0) is 16.0 Å². The molecule has 1 fully saturated rings. The van der Waals surface area contributed by atoms with Crippen LogP contribution in [0.2, 0.25) is 0 Å². The number of rotatable bonds is 3. The Balaban J connectivity index is 2.16. The molecule has 1 aliphatic rings. The van der Waals surface area contributed by atoms with Crippen molar-refractivity contribution in [3.63, 3.8) is 0 Å². The summed E-state index contributed by atoms with van der Waals surface area (Å²) < 4.78 is 65.6. The zero-order valence-electron chi connectivity index (χ0n) is 11.7. The number of hydrogen-bond acceptors (Lipinski definition) is 2. The van der Waals surface area contributed by atoms with E-state index in [1.807, 2.05) is 0 Å². The largest absolute Gasteiger partial charge is 0.481 e. The van der Waals surface area contributed by atoms with Gasteiger partial charge in [-0.1, -0.05) is 0 Å². The van der Waals surface area contributed by atoms with Crippen LogP contribution in [0.4, 0.5) is 22.0 Å². The molecule has 1 aromatic carbocycles. The molecule has 0 aromatic heterocycles. The van der Waals surface area contributed by atoms with Crippen molar-refractivity contribution in [3.8, 4) is 0 Å². The molecule has 1 aliphatic heterocycles. The summed E-state index contributed by atoms with van der Waals surface area (Å²) in [6.07, 6.45) is -6.43. The van der Waals surface area contributed by atoms with Crippen molar-refractivity contribution in [1.82, 2.24) is 4.90 Å². The van der Waals surface area contributed by atoms with Crippen LogP contribution in [-0.4, -0.2) is 41.1 Å². The third-order valence-corrected chi connectivity index (χ3v) is 3.92. The van der Waals surface area contributed by atoms with Crippen molar-refractivity contribution in [2.75, 3.05) is 13.1 Å². The summed E-state index contributed by atoms with van der Waals surface area (Å²) in [5.74, 6) is -4.59. The number of benzene rings is 1. The third kappa shape index (κ3) is 3.13. The molecule has 1 saturated heterocycles. The first kappa shape index (κ1) is 17.2. The highest BCUT2D eigenvalue weighted by Crippen LogP contribution is 2.45. The fourth-order valence-electron chi connectivity index (χ4n) is 2.50. The molecule has 2 rings (SSSR count). The number of hydrogen-bond donors (Lipinski definition) is 1. The van der Waals surface area contributed by atoms with E-state index in [1.165, 1.54) is 0 Å². The van der Waals surface area contributed by atoms with E-state index in [0.29, 0.717) is 4.90 Å². The maximum absolute atomic E-state index is 13.5. The van der Waals surface area contributed by atoms with E-state index < -0.39 is 61.0 Å². The van der Waals surface area contributed by atoms with Gasteiger partial charge in [-0.3, -0.25) is 9.59 Å². The molecule has 1 amide bonds. The van der Waals surface area contributed by atoms with Crippen molar-refractivity contribution in [3.05, 3.63) is 35.4 Å². The van der Waals surface area contributed by atoms with Crippen molar-refractivity contribution < 1.29 is 36.6 Å². The summed E-state index contributed by atoms with van der Waals surface area (Å²) in [5, 5.41) is 8.90. The van der Waals surface area contributed by atoms with E-state index in [1.54, 1.807) is 0 Å². The number of carbonyl (C=O) groups excluding carboxylic acids is 1. The first-order chi connectivity index (χ1) is 10.6. The number of aliphatic carboxylic acids is 1. The van der Waals surface area contributed by atoms with E-state index in [2.05, 4.69) is 0 Å². The van der Waals surface area contributed by atoms with Crippen LogP contribution >= 0.6 is 0 Å². The van der Waals surface area contributed by atoms with Gasteiger partial charge in [0.1, 0.15) is 11.6 Å². The smallest absolute Gasteiger partial charge is 0.406 e. The Morgan fingerprint density at radius 1 is 1.26 bits per heavy atom. The second-order valence-electron chi connectivity index (χ2n) is 5.36. The molecule has 0 radical (unpaired) electrons. The van der Waals surface area contributed by atoms with Crippen LogP contribution in [0.15, 0.2) is 18.2 Å². The molecule has 9 heteroatoms. The fourth-order valence-corrected chi connectivity index (χ4v) is 2.50. The van der Waals surface area contributed by atoms with Gasteiger partial charge in [0.2, 0.25) is 5.91 Å². The number of carbonyl (C=O) groups is 2. The molecule has 0 spiro atoms. The predicted octanol–water partition coefficient (Wildman–Crippen LogP) is 2.37. The Labute approximate surface area is 127 Å². The van der Waals surface area contributed by atoms with Crippen molar-refractivity contribution in [2.24, 2.45) is 5.41 Å². The maximum Gasteiger partial charge on any atom is 0.406 e. The molecule has 0 bridgehead atoms. The average molecular weight is 337 g/mol. The summed E-state index contributed by atoms with van der Waals surface area (Å²) >= 11 is 0. The molecule has 1 aromatic rings. The van der Waals surface area contributed by atoms with Gasteiger partial charge in [0.25, 0.3) is 0 Å². The average Bonchev–Trinajstić information content (AvgIpc) is 2.89. The summed E-state index contributed by atoms with van der Waals surface area (Å²) in [6, 6.07) is 2.43. The second kappa shape index (κ2) is 5.78. The number of nitrogens with zero attached hydrogens (tertiary/aromatic N) is 1. The van der Waals surface area contributed by atoms with Gasteiger partial charge < -0.3 is 10.0 Å². The second-order valence-corrected chi connectivity index (χ2v) is 5.36. The van der Waals surface area contributed by atoms with E-state index in [0.717, 1.165) is 18.2 Å². The number of carboxylic acids is 1. The van der Waals surface area contributed by atoms with Gasteiger partial charge in [-0.2, -0.15) is 13.2 Å². The van der Waals surface area contributed by atoms with Crippen LogP contribution in [0.5, 0.6) is 0 Å². The SMILES string of the molecule is O=C(Cc1cc(F)ccc1F)N1CCC(C(=O)O)(C(F)(F)F)C1. The summed E-state index contributed by atoms with van der Waals surface area (Å²) in [5.41, 5.74) is -3.32. The standard InChI is InChI=1S/C14H12F5NO3/c15-9-1-2-10(16)8(5-9)6-11(21)20-4-3-13(7-20,12(22)23)14(17,18)19/h1-2,5H,3-4,6-7H2,(H,22,23). The summed E-state index contributed by atoms with van der Waals surface area (Å²) in [6.45, 7) is -1.46. The zero-order valence-corrected chi connectivity index (χ0v) is 11.7. The third-order valence-electron chi connectivity index (χ3n) is 3.92. The quantitative estimate of drug-likeness (QED) is 0.862. The number of carboxylic acid groups (broad SMARTS) is 1. The summed E-state index contributed by atoms with van der Waals surface area (Å²) in [7, 11) is 0. The van der Waals surface area contributed by atoms with Crippen LogP contribution < -0.4 is 0 Å². The normalized spacial score (nSPS) is 21.5. The Morgan fingerprint density at radius 2 is 1.91 bits per heavy atom. The minimum atomic E-state index is -5.02. The highest BCUT2D eigenvalue weighted by molar-refractivity contribution is 5.82. The van der Waals surface area contributed by atoms with E-state index in [4.69, 9.17) is 5.11 Å². The molecule has 1 unspecified atom stereocenters. The first-order valence-electron chi connectivity index (χ1n) is 6.59. The monoisotopic (exact) mass is 337 g/mol. The van der Waals surface area contributed by atoms with E-state index in [-0.39, 0.29) is 5.56 Å². The first-order valence-corrected chi connectivity index (χ1v) is 6.59. The Hall–Kier alpha value is -2.19. The van der Waals surface area contributed by atoms with Gasteiger partial charge in [-0.25, -0.2) is 8.78 Å². The molecule has 1 N–H and O–H groups in total. The number of amides is 1. The number of likely N-dealkylation sites (tertiary alicyclic amines) is 1. The Kier molecular flexibility index (Phi) is 4.32. The van der Waals surface area contributed by atoms with Gasteiger partial charge >= 0.3 is 12.1 Å². The van der Waals surface area contributed by atoms with E-state index >= 15 is 0 Å². The summed E-state index contributed by atoms with van der Waals surface area (Å²) in [4.78, 5) is 23.7. The van der Waals surface area contributed by atoms with Crippen LogP contribution in [0.3, 0.4) is 0 Å². The molecule has 0 saturated carbocycles. The minimum Gasteiger partial charge on any atom is -0.481 e. The highest BCUT2D eigenvalue weighted by Gasteiger charge is 2.64. The van der Waals surface area contributed by atoms with Crippen LogP contribution in [0.25, 0.3) is 0 Å². The van der Waals surface area contributed by atoms with Gasteiger partial charge in [0.15, 0.2) is 5.41 Å². The lowest BCUT2D eigenvalue weighted by Gasteiger charge is -2.27.